The second-order valence-electron chi connectivity index (χ2n) is 4.48. The molecule has 0 aromatic carbocycles. The van der Waals surface area contributed by atoms with Gasteiger partial charge in [0.2, 0.25) is 0 Å². The van der Waals surface area contributed by atoms with E-state index in [4.69, 9.17) is 16.3 Å². The first-order chi connectivity index (χ1) is 8.16. The average molecular weight is 256 g/mol. The maximum atomic E-state index is 5.99. The van der Waals surface area contributed by atoms with E-state index in [1.54, 1.807) is 0 Å². The molecule has 0 amide bonds. The summed E-state index contributed by atoms with van der Waals surface area (Å²) in [6.45, 7) is 6.09. The van der Waals surface area contributed by atoms with Gasteiger partial charge in [-0.15, -0.1) is 0 Å². The van der Waals surface area contributed by atoms with Gasteiger partial charge >= 0.3 is 0 Å². The van der Waals surface area contributed by atoms with E-state index in [-0.39, 0.29) is 0 Å². The van der Waals surface area contributed by atoms with Crippen LogP contribution in [0.2, 0.25) is 5.15 Å². The molecule has 1 aromatic rings. The van der Waals surface area contributed by atoms with Crippen LogP contribution in [0.25, 0.3) is 0 Å². The minimum atomic E-state index is 0.513. The van der Waals surface area contributed by atoms with Gasteiger partial charge in [-0.25, -0.2) is 9.97 Å². The minimum absolute atomic E-state index is 0.513. The van der Waals surface area contributed by atoms with Gasteiger partial charge in [-0.1, -0.05) is 11.6 Å². The largest absolute Gasteiger partial charge is 0.379 e. The van der Waals surface area contributed by atoms with E-state index in [0.717, 1.165) is 30.5 Å². The third-order valence-electron chi connectivity index (χ3n) is 2.79. The highest BCUT2D eigenvalue weighted by molar-refractivity contribution is 6.30. The van der Waals surface area contributed by atoms with E-state index < -0.39 is 0 Å². The zero-order valence-electron chi connectivity index (χ0n) is 10.3. The molecule has 5 heteroatoms. The van der Waals surface area contributed by atoms with Gasteiger partial charge in [0.15, 0.2) is 0 Å². The molecule has 1 fully saturated rings. The molecule has 0 aliphatic heterocycles. The van der Waals surface area contributed by atoms with Gasteiger partial charge in [0.1, 0.15) is 16.8 Å². The lowest BCUT2D eigenvalue weighted by Gasteiger charge is -2.10. The molecular formula is C12H18ClN3O. The third kappa shape index (κ3) is 3.82. The molecule has 1 aliphatic carbocycles. The van der Waals surface area contributed by atoms with Gasteiger partial charge in [-0.2, -0.15) is 0 Å². The minimum Gasteiger partial charge on any atom is -0.379 e. The summed E-state index contributed by atoms with van der Waals surface area (Å²) in [5.41, 5.74) is 0.888. The number of aromatic nitrogens is 2. The fourth-order valence-corrected chi connectivity index (χ4v) is 1.75. The molecule has 17 heavy (non-hydrogen) atoms. The first kappa shape index (κ1) is 12.6. The van der Waals surface area contributed by atoms with Crippen molar-refractivity contribution >= 4 is 17.4 Å². The van der Waals surface area contributed by atoms with Gasteiger partial charge in [-0.3, -0.25) is 0 Å². The van der Waals surface area contributed by atoms with Gasteiger partial charge in [-0.05, 0) is 32.6 Å². The van der Waals surface area contributed by atoms with E-state index >= 15 is 0 Å². The highest BCUT2D eigenvalue weighted by Gasteiger charge is 2.20. The van der Waals surface area contributed by atoms with Crippen LogP contribution < -0.4 is 5.32 Å². The lowest BCUT2D eigenvalue weighted by atomic mass is 10.3. The molecule has 1 aromatic heterocycles. The van der Waals surface area contributed by atoms with Gasteiger partial charge in [0.05, 0.1) is 6.61 Å². The number of rotatable bonds is 6. The fraction of sp³-hybridized carbons (Fsp3) is 0.667. The number of hydrogen-bond acceptors (Lipinski definition) is 4. The summed E-state index contributed by atoms with van der Waals surface area (Å²) in [5.74, 6) is 2.30. The van der Waals surface area contributed by atoms with Crippen molar-refractivity contribution in [2.24, 2.45) is 5.92 Å². The van der Waals surface area contributed by atoms with Crippen molar-refractivity contribution in [3.8, 4) is 0 Å². The maximum Gasteiger partial charge on any atom is 0.137 e. The highest BCUT2D eigenvalue weighted by atomic mass is 35.5. The fourth-order valence-electron chi connectivity index (χ4n) is 1.54. The van der Waals surface area contributed by atoms with Crippen LogP contribution in [0.5, 0.6) is 0 Å². The Bertz CT molecular complexity index is 394. The summed E-state index contributed by atoms with van der Waals surface area (Å²) < 4.78 is 5.54. The number of halogens is 1. The summed E-state index contributed by atoms with van der Waals surface area (Å²) >= 11 is 5.99. The molecule has 0 spiro atoms. The van der Waals surface area contributed by atoms with Crippen molar-refractivity contribution in [2.75, 3.05) is 25.1 Å². The topological polar surface area (TPSA) is 47.0 Å². The van der Waals surface area contributed by atoms with Crippen LogP contribution in [-0.4, -0.2) is 29.7 Å². The Hall–Kier alpha value is -0.870. The standard InChI is InChI=1S/C12H18ClN3O/c1-8-11(13)15-9(2)16-12(8)14-5-6-17-7-10-3-4-10/h10H,3-7H2,1-2H3,(H,14,15,16). The second kappa shape index (κ2) is 5.65. The van der Waals surface area contributed by atoms with Crippen molar-refractivity contribution in [1.29, 1.82) is 0 Å². The Morgan fingerprint density at radius 1 is 1.35 bits per heavy atom. The van der Waals surface area contributed by atoms with Crippen LogP contribution >= 0.6 is 11.6 Å². The van der Waals surface area contributed by atoms with Crippen molar-refractivity contribution in [3.63, 3.8) is 0 Å². The van der Waals surface area contributed by atoms with E-state index in [9.17, 15) is 0 Å². The molecule has 0 radical (unpaired) electrons. The van der Waals surface area contributed by atoms with Crippen LogP contribution in [0, 0.1) is 19.8 Å². The number of aryl methyl sites for hydroxylation is 1. The number of nitrogens with one attached hydrogen (secondary N) is 1. The summed E-state index contributed by atoms with van der Waals surface area (Å²) in [6, 6.07) is 0. The molecule has 0 atom stereocenters. The molecule has 1 saturated carbocycles. The van der Waals surface area contributed by atoms with Crippen molar-refractivity contribution in [3.05, 3.63) is 16.5 Å². The first-order valence-electron chi connectivity index (χ1n) is 5.99. The summed E-state index contributed by atoms with van der Waals surface area (Å²) in [5, 5.41) is 3.74. The monoisotopic (exact) mass is 255 g/mol. The van der Waals surface area contributed by atoms with Crippen LogP contribution in [-0.2, 0) is 4.74 Å². The van der Waals surface area contributed by atoms with E-state index in [2.05, 4.69) is 15.3 Å². The summed E-state index contributed by atoms with van der Waals surface area (Å²) in [6.07, 6.45) is 2.65. The molecule has 0 bridgehead atoms. The Morgan fingerprint density at radius 2 is 2.12 bits per heavy atom. The average Bonchev–Trinajstić information content (AvgIpc) is 3.08. The van der Waals surface area contributed by atoms with Crippen molar-refractivity contribution < 1.29 is 4.74 Å². The molecule has 1 N–H and O–H groups in total. The smallest absolute Gasteiger partial charge is 0.137 e. The molecule has 0 unspecified atom stereocenters. The predicted molar refractivity (Wildman–Crippen MR) is 68.5 cm³/mol. The van der Waals surface area contributed by atoms with Crippen LogP contribution in [0.4, 0.5) is 5.82 Å². The number of anilines is 1. The van der Waals surface area contributed by atoms with Gasteiger partial charge in [0, 0.05) is 18.7 Å². The molecular weight excluding hydrogens is 238 g/mol. The lowest BCUT2D eigenvalue weighted by Crippen LogP contribution is -2.13. The number of ether oxygens (including phenoxy) is 1. The SMILES string of the molecule is Cc1nc(Cl)c(C)c(NCCOCC2CC2)n1. The Morgan fingerprint density at radius 3 is 2.82 bits per heavy atom. The molecule has 4 nitrogen and oxygen atoms in total. The Kier molecular flexibility index (Phi) is 4.18. The molecule has 0 saturated heterocycles. The first-order valence-corrected chi connectivity index (χ1v) is 6.37. The zero-order valence-corrected chi connectivity index (χ0v) is 11.0. The molecule has 94 valence electrons. The number of hydrogen-bond donors (Lipinski definition) is 1. The lowest BCUT2D eigenvalue weighted by molar-refractivity contribution is 0.134. The van der Waals surface area contributed by atoms with Gasteiger partial charge in [0.25, 0.3) is 0 Å². The highest BCUT2D eigenvalue weighted by Crippen LogP contribution is 2.28. The van der Waals surface area contributed by atoms with Crippen LogP contribution in [0.1, 0.15) is 24.2 Å². The zero-order chi connectivity index (χ0) is 12.3. The molecule has 1 aliphatic rings. The maximum absolute atomic E-state index is 5.99. The second-order valence-corrected chi connectivity index (χ2v) is 4.84. The third-order valence-corrected chi connectivity index (χ3v) is 3.16. The van der Waals surface area contributed by atoms with E-state index in [0.29, 0.717) is 17.6 Å². The summed E-state index contributed by atoms with van der Waals surface area (Å²) in [4.78, 5) is 8.41. The Balaban J connectivity index is 1.77. The number of nitrogens with zero attached hydrogens (tertiary/aromatic N) is 2. The molecule has 2 rings (SSSR count). The van der Waals surface area contributed by atoms with Crippen molar-refractivity contribution in [1.82, 2.24) is 9.97 Å². The van der Waals surface area contributed by atoms with Crippen LogP contribution in [0.3, 0.4) is 0 Å². The summed E-state index contributed by atoms with van der Waals surface area (Å²) in [7, 11) is 0. The van der Waals surface area contributed by atoms with Crippen molar-refractivity contribution in [2.45, 2.75) is 26.7 Å². The molecule has 1 heterocycles. The Labute approximate surface area is 107 Å². The normalized spacial score (nSPS) is 15.0. The van der Waals surface area contributed by atoms with E-state index in [1.165, 1.54) is 12.8 Å². The van der Waals surface area contributed by atoms with Gasteiger partial charge < -0.3 is 10.1 Å². The van der Waals surface area contributed by atoms with Crippen LogP contribution in [0.15, 0.2) is 0 Å². The predicted octanol–water partition coefficient (Wildman–Crippen LogP) is 2.59. The van der Waals surface area contributed by atoms with E-state index in [1.807, 2.05) is 13.8 Å². The quantitative estimate of drug-likeness (QED) is 0.627.